The van der Waals surface area contributed by atoms with Crippen molar-refractivity contribution in [3.8, 4) is 0 Å². The number of hydrogen-bond acceptors (Lipinski definition) is 5. The molecule has 4 nitrogen and oxygen atoms in total. The number of nitrogens with zero attached hydrogens (tertiary/aromatic N) is 1. The van der Waals surface area contributed by atoms with Crippen molar-refractivity contribution < 1.29 is 9.47 Å². The third kappa shape index (κ3) is 4.74. The van der Waals surface area contributed by atoms with Crippen LogP contribution in [0.1, 0.15) is 50.4 Å². The molecule has 1 fully saturated rings. The van der Waals surface area contributed by atoms with Crippen LogP contribution >= 0.6 is 11.3 Å². The summed E-state index contributed by atoms with van der Waals surface area (Å²) in [5, 5.41) is 7.00. The Labute approximate surface area is 132 Å². The molecule has 120 valence electrons. The third-order valence-electron chi connectivity index (χ3n) is 3.89. The Morgan fingerprint density at radius 1 is 1.52 bits per heavy atom. The summed E-state index contributed by atoms with van der Waals surface area (Å²) in [6.45, 7) is 9.93. The van der Waals surface area contributed by atoms with Gasteiger partial charge in [0.1, 0.15) is 5.01 Å². The Morgan fingerprint density at radius 3 is 2.90 bits per heavy atom. The van der Waals surface area contributed by atoms with Gasteiger partial charge in [-0.2, -0.15) is 0 Å². The van der Waals surface area contributed by atoms with Crippen LogP contribution in [0.15, 0.2) is 5.38 Å². The molecule has 2 unspecified atom stereocenters. The molecule has 1 N–H and O–H groups in total. The van der Waals surface area contributed by atoms with E-state index >= 15 is 0 Å². The summed E-state index contributed by atoms with van der Waals surface area (Å²) in [7, 11) is 1.74. The number of thiazole rings is 1. The molecule has 0 aliphatic carbocycles. The lowest BCUT2D eigenvalue weighted by Crippen LogP contribution is -2.35. The number of methoxy groups -OCH3 is 1. The fourth-order valence-electron chi connectivity index (χ4n) is 2.58. The molecule has 1 aromatic rings. The van der Waals surface area contributed by atoms with Crippen molar-refractivity contribution in [2.75, 3.05) is 33.5 Å². The number of nitrogens with one attached hydrogen (secondary N) is 1. The lowest BCUT2D eigenvalue weighted by molar-refractivity contribution is 0.0377. The summed E-state index contributed by atoms with van der Waals surface area (Å²) in [5.41, 5.74) is 1.28. The molecule has 2 rings (SSSR count). The minimum atomic E-state index is 0.106. The number of aromatic nitrogens is 1. The van der Waals surface area contributed by atoms with E-state index in [1.807, 2.05) is 0 Å². The van der Waals surface area contributed by atoms with E-state index in [2.05, 4.69) is 31.5 Å². The van der Waals surface area contributed by atoms with Crippen LogP contribution in [-0.2, 0) is 14.9 Å². The van der Waals surface area contributed by atoms with E-state index < -0.39 is 0 Å². The molecule has 21 heavy (non-hydrogen) atoms. The van der Waals surface area contributed by atoms with E-state index in [9.17, 15) is 0 Å². The van der Waals surface area contributed by atoms with Gasteiger partial charge in [0, 0.05) is 37.0 Å². The molecular formula is C16H28N2O2S. The van der Waals surface area contributed by atoms with E-state index in [0.717, 1.165) is 32.8 Å². The van der Waals surface area contributed by atoms with Gasteiger partial charge in [0.25, 0.3) is 0 Å². The number of rotatable bonds is 6. The summed E-state index contributed by atoms with van der Waals surface area (Å²) < 4.78 is 10.8. The van der Waals surface area contributed by atoms with Crippen LogP contribution in [0.4, 0.5) is 0 Å². The molecule has 0 bridgehead atoms. The first-order valence-electron chi connectivity index (χ1n) is 7.78. The summed E-state index contributed by atoms with van der Waals surface area (Å²) in [6.07, 6.45) is 2.35. The highest BCUT2D eigenvalue weighted by Gasteiger charge is 2.29. The Morgan fingerprint density at radius 2 is 2.33 bits per heavy atom. The van der Waals surface area contributed by atoms with Crippen molar-refractivity contribution >= 4 is 11.3 Å². The van der Waals surface area contributed by atoms with E-state index in [-0.39, 0.29) is 11.5 Å². The van der Waals surface area contributed by atoms with Crippen molar-refractivity contribution in [1.29, 1.82) is 0 Å². The molecule has 1 aliphatic heterocycles. The van der Waals surface area contributed by atoms with E-state index in [1.165, 1.54) is 17.1 Å². The maximum Gasteiger partial charge on any atom is 0.110 e. The van der Waals surface area contributed by atoms with Crippen LogP contribution in [-0.4, -0.2) is 38.5 Å². The predicted octanol–water partition coefficient (Wildman–Crippen LogP) is 3.14. The zero-order valence-corrected chi connectivity index (χ0v) is 14.5. The molecule has 5 heteroatoms. The second-order valence-electron chi connectivity index (χ2n) is 6.72. The Kier molecular flexibility index (Phi) is 6.17. The standard InChI is InChI=1S/C16H28N2O2S/c1-16(2,3)13-11-21-15(18-13)14(17-7-9-19-4)12-6-5-8-20-10-12/h11-12,14,17H,5-10H2,1-4H3. The molecule has 1 aromatic heterocycles. The number of hydrogen-bond donors (Lipinski definition) is 1. The van der Waals surface area contributed by atoms with Crippen LogP contribution in [0.3, 0.4) is 0 Å². The first kappa shape index (κ1) is 16.9. The normalized spacial score (nSPS) is 21.4. The van der Waals surface area contributed by atoms with Crippen molar-refractivity contribution in [2.45, 2.75) is 45.1 Å². The molecule has 0 aromatic carbocycles. The minimum Gasteiger partial charge on any atom is -0.383 e. The second-order valence-corrected chi connectivity index (χ2v) is 7.61. The summed E-state index contributed by atoms with van der Waals surface area (Å²) in [6, 6.07) is 0.279. The maximum absolute atomic E-state index is 5.67. The summed E-state index contributed by atoms with van der Waals surface area (Å²) >= 11 is 1.77. The summed E-state index contributed by atoms with van der Waals surface area (Å²) in [4.78, 5) is 4.90. The van der Waals surface area contributed by atoms with Crippen molar-refractivity contribution in [3.63, 3.8) is 0 Å². The van der Waals surface area contributed by atoms with Crippen LogP contribution in [0.25, 0.3) is 0 Å². The van der Waals surface area contributed by atoms with Gasteiger partial charge in [-0.15, -0.1) is 11.3 Å². The molecule has 2 atom stereocenters. The zero-order chi connectivity index (χ0) is 15.3. The quantitative estimate of drug-likeness (QED) is 0.820. The monoisotopic (exact) mass is 312 g/mol. The zero-order valence-electron chi connectivity index (χ0n) is 13.6. The topological polar surface area (TPSA) is 43.4 Å². The molecule has 0 radical (unpaired) electrons. The maximum atomic E-state index is 5.67. The predicted molar refractivity (Wildman–Crippen MR) is 87.0 cm³/mol. The fourth-order valence-corrected chi connectivity index (χ4v) is 3.79. The SMILES string of the molecule is COCCNC(c1nc(C(C)(C)C)cs1)C1CCCOC1. The second kappa shape index (κ2) is 7.68. The van der Waals surface area contributed by atoms with Gasteiger partial charge in [-0.1, -0.05) is 20.8 Å². The number of ether oxygens (including phenoxy) is 2. The van der Waals surface area contributed by atoms with Gasteiger partial charge in [0.15, 0.2) is 0 Å². The minimum absolute atomic E-state index is 0.106. The molecule has 0 saturated carbocycles. The Hall–Kier alpha value is -0.490. The smallest absolute Gasteiger partial charge is 0.110 e. The first-order chi connectivity index (χ1) is 10.0. The lowest BCUT2D eigenvalue weighted by Gasteiger charge is -2.30. The average Bonchev–Trinajstić information content (AvgIpc) is 2.94. The molecular weight excluding hydrogens is 284 g/mol. The van der Waals surface area contributed by atoms with Crippen LogP contribution in [0, 0.1) is 5.92 Å². The molecule has 1 saturated heterocycles. The van der Waals surface area contributed by atoms with Gasteiger partial charge in [-0.05, 0) is 12.8 Å². The highest BCUT2D eigenvalue weighted by molar-refractivity contribution is 7.09. The molecule has 2 heterocycles. The van der Waals surface area contributed by atoms with E-state index in [1.54, 1.807) is 18.4 Å². The van der Waals surface area contributed by atoms with Gasteiger partial charge >= 0.3 is 0 Å². The Bertz CT molecular complexity index is 422. The van der Waals surface area contributed by atoms with Crippen LogP contribution < -0.4 is 5.32 Å². The van der Waals surface area contributed by atoms with Crippen molar-refractivity contribution in [3.05, 3.63) is 16.1 Å². The van der Waals surface area contributed by atoms with Gasteiger partial charge in [0.2, 0.25) is 0 Å². The fraction of sp³-hybridized carbons (Fsp3) is 0.812. The van der Waals surface area contributed by atoms with E-state index in [0.29, 0.717) is 5.92 Å². The highest BCUT2D eigenvalue weighted by atomic mass is 32.1. The highest BCUT2D eigenvalue weighted by Crippen LogP contribution is 2.33. The van der Waals surface area contributed by atoms with E-state index in [4.69, 9.17) is 14.5 Å². The van der Waals surface area contributed by atoms with Crippen LogP contribution in [0.2, 0.25) is 0 Å². The van der Waals surface area contributed by atoms with Crippen LogP contribution in [0.5, 0.6) is 0 Å². The Balaban J connectivity index is 2.11. The molecule has 0 spiro atoms. The molecule has 0 amide bonds. The molecule has 1 aliphatic rings. The largest absolute Gasteiger partial charge is 0.383 e. The third-order valence-corrected chi connectivity index (χ3v) is 4.82. The summed E-state index contributed by atoms with van der Waals surface area (Å²) in [5.74, 6) is 0.509. The van der Waals surface area contributed by atoms with Gasteiger partial charge < -0.3 is 14.8 Å². The lowest BCUT2D eigenvalue weighted by atomic mass is 9.92. The first-order valence-corrected chi connectivity index (χ1v) is 8.66. The van der Waals surface area contributed by atoms with Gasteiger partial charge in [-0.3, -0.25) is 0 Å². The average molecular weight is 312 g/mol. The van der Waals surface area contributed by atoms with Gasteiger partial charge in [-0.25, -0.2) is 4.98 Å². The van der Waals surface area contributed by atoms with Crippen molar-refractivity contribution in [1.82, 2.24) is 10.3 Å². The van der Waals surface area contributed by atoms with Crippen molar-refractivity contribution in [2.24, 2.45) is 5.92 Å². The van der Waals surface area contributed by atoms with Gasteiger partial charge in [0.05, 0.1) is 24.9 Å².